The molecule has 0 saturated carbocycles. The largest absolute Gasteiger partial charge is 0.495 e. The maximum atomic E-state index is 12.1. The van der Waals surface area contributed by atoms with Gasteiger partial charge in [0.05, 0.1) is 12.8 Å². The summed E-state index contributed by atoms with van der Waals surface area (Å²) in [6, 6.07) is 14.3. The van der Waals surface area contributed by atoms with E-state index in [0.29, 0.717) is 35.3 Å². The fourth-order valence-electron chi connectivity index (χ4n) is 2.87. The van der Waals surface area contributed by atoms with E-state index in [2.05, 4.69) is 15.5 Å². The molecule has 0 atom stereocenters. The Kier molecular flexibility index (Phi) is 4.29. The zero-order valence-electron chi connectivity index (χ0n) is 14.5. The van der Waals surface area contributed by atoms with E-state index in [-0.39, 0.29) is 12.3 Å². The number of hydrogen-bond donors (Lipinski definition) is 1. The van der Waals surface area contributed by atoms with Gasteiger partial charge in [0.2, 0.25) is 11.7 Å². The second-order valence-electron chi connectivity index (χ2n) is 5.93. The maximum Gasteiger partial charge on any atom is 0.328 e. The minimum atomic E-state index is -0.471. The molecule has 0 spiro atoms. The number of urea groups is 1. The number of ether oxygens (including phenoxy) is 1. The summed E-state index contributed by atoms with van der Waals surface area (Å²) >= 11 is 0. The summed E-state index contributed by atoms with van der Waals surface area (Å²) in [5, 5.41) is 6.31. The Morgan fingerprint density at radius 1 is 1.11 bits per heavy atom. The molecule has 1 aromatic heterocycles. The lowest BCUT2D eigenvalue weighted by Gasteiger charge is -2.27. The van der Waals surface area contributed by atoms with Crippen LogP contribution in [0.1, 0.15) is 6.42 Å². The molecule has 2 heterocycles. The lowest BCUT2D eigenvalue weighted by atomic mass is 10.1. The molecule has 8 nitrogen and oxygen atoms in total. The topological polar surface area (TPSA) is 97.6 Å². The van der Waals surface area contributed by atoms with Crippen molar-refractivity contribution in [1.29, 1.82) is 0 Å². The van der Waals surface area contributed by atoms with Crippen molar-refractivity contribution in [3.05, 3.63) is 48.5 Å². The number of rotatable bonds is 4. The first-order chi connectivity index (χ1) is 13.2. The number of benzene rings is 2. The van der Waals surface area contributed by atoms with Crippen LogP contribution in [0.25, 0.3) is 22.8 Å². The smallest absolute Gasteiger partial charge is 0.328 e. The molecule has 0 aliphatic carbocycles. The Balaban J connectivity index is 1.65. The summed E-state index contributed by atoms with van der Waals surface area (Å²) in [6.45, 7) is 0.291. The second kappa shape index (κ2) is 6.91. The van der Waals surface area contributed by atoms with Gasteiger partial charge in [0.1, 0.15) is 5.75 Å². The minimum absolute atomic E-state index is 0.237. The SMILES string of the molecule is COc1cc(-c2nc(-c3ccccc3)no2)ccc1N1CCC(=O)NC1=O. The molecule has 136 valence electrons. The number of anilines is 1. The van der Waals surface area contributed by atoms with Gasteiger partial charge < -0.3 is 9.26 Å². The number of carbonyl (C=O) groups excluding carboxylic acids is 2. The predicted octanol–water partition coefficient (Wildman–Crippen LogP) is 2.86. The van der Waals surface area contributed by atoms with Crippen LogP contribution in [0.15, 0.2) is 53.1 Å². The van der Waals surface area contributed by atoms with Gasteiger partial charge >= 0.3 is 6.03 Å². The van der Waals surface area contributed by atoms with Gasteiger partial charge in [-0.2, -0.15) is 4.98 Å². The van der Waals surface area contributed by atoms with E-state index in [4.69, 9.17) is 9.26 Å². The quantitative estimate of drug-likeness (QED) is 0.764. The Morgan fingerprint density at radius 3 is 2.67 bits per heavy atom. The Bertz CT molecular complexity index is 1000. The molecule has 3 amide bonds. The Hall–Kier alpha value is -3.68. The van der Waals surface area contributed by atoms with Crippen LogP contribution in [0.4, 0.5) is 10.5 Å². The van der Waals surface area contributed by atoms with Crippen molar-refractivity contribution < 1.29 is 18.8 Å². The van der Waals surface area contributed by atoms with Crippen molar-refractivity contribution >= 4 is 17.6 Å². The normalized spacial score (nSPS) is 14.2. The lowest BCUT2D eigenvalue weighted by molar-refractivity contribution is -0.120. The number of amides is 3. The lowest BCUT2D eigenvalue weighted by Crippen LogP contribution is -2.49. The van der Waals surface area contributed by atoms with Crippen molar-refractivity contribution in [3.8, 4) is 28.6 Å². The molecular formula is C19H16N4O4. The van der Waals surface area contributed by atoms with Gasteiger partial charge in [-0.05, 0) is 18.2 Å². The van der Waals surface area contributed by atoms with Crippen LogP contribution in [0.3, 0.4) is 0 Å². The first kappa shape index (κ1) is 16.8. The molecule has 3 aromatic rings. The number of imide groups is 1. The number of nitrogens with one attached hydrogen (secondary N) is 1. The highest BCUT2D eigenvalue weighted by molar-refractivity contribution is 6.06. The van der Waals surface area contributed by atoms with Gasteiger partial charge in [0.25, 0.3) is 5.89 Å². The Morgan fingerprint density at radius 2 is 1.93 bits per heavy atom. The average molecular weight is 364 g/mol. The molecular weight excluding hydrogens is 348 g/mol. The third kappa shape index (κ3) is 3.24. The number of carbonyl (C=O) groups is 2. The molecule has 8 heteroatoms. The van der Waals surface area contributed by atoms with E-state index in [1.165, 1.54) is 12.0 Å². The summed E-state index contributed by atoms with van der Waals surface area (Å²) in [7, 11) is 1.51. The first-order valence-corrected chi connectivity index (χ1v) is 8.34. The second-order valence-corrected chi connectivity index (χ2v) is 5.93. The van der Waals surface area contributed by atoms with Crippen LogP contribution in [0.2, 0.25) is 0 Å². The molecule has 0 bridgehead atoms. The maximum absolute atomic E-state index is 12.1. The van der Waals surface area contributed by atoms with Crippen molar-refractivity contribution in [2.45, 2.75) is 6.42 Å². The number of hydrogen-bond acceptors (Lipinski definition) is 6. The predicted molar refractivity (Wildman–Crippen MR) is 97.2 cm³/mol. The van der Waals surface area contributed by atoms with Gasteiger partial charge in [-0.1, -0.05) is 35.5 Å². The van der Waals surface area contributed by atoms with Crippen molar-refractivity contribution in [3.63, 3.8) is 0 Å². The monoisotopic (exact) mass is 364 g/mol. The molecule has 1 fully saturated rings. The van der Waals surface area contributed by atoms with Gasteiger partial charge in [0, 0.05) is 24.1 Å². The Labute approximate surface area is 154 Å². The summed E-state index contributed by atoms with van der Waals surface area (Å²) in [6.07, 6.45) is 0.237. The molecule has 1 aliphatic rings. The third-order valence-corrected chi connectivity index (χ3v) is 4.23. The number of aromatic nitrogens is 2. The number of methoxy groups -OCH3 is 1. The van der Waals surface area contributed by atoms with Crippen LogP contribution in [0, 0.1) is 0 Å². The van der Waals surface area contributed by atoms with Crippen LogP contribution in [0.5, 0.6) is 5.75 Å². The standard InChI is InChI=1S/C19H16N4O4/c1-26-15-11-13(7-8-14(15)23-10-9-16(24)20-19(23)25)18-21-17(22-27-18)12-5-3-2-4-6-12/h2-8,11H,9-10H2,1H3,(H,20,24,25). The van der Waals surface area contributed by atoms with Crippen molar-refractivity contribution in [2.75, 3.05) is 18.6 Å². The molecule has 4 rings (SSSR count). The summed E-state index contributed by atoms with van der Waals surface area (Å²) in [5.41, 5.74) is 2.08. The highest BCUT2D eigenvalue weighted by Crippen LogP contribution is 2.34. The molecule has 1 N–H and O–H groups in total. The summed E-state index contributed by atoms with van der Waals surface area (Å²) in [5.74, 6) is 1.02. The molecule has 1 saturated heterocycles. The summed E-state index contributed by atoms with van der Waals surface area (Å²) in [4.78, 5) is 29.3. The molecule has 2 aromatic carbocycles. The van der Waals surface area contributed by atoms with Crippen molar-refractivity contribution in [2.24, 2.45) is 0 Å². The van der Waals surface area contributed by atoms with E-state index in [1.807, 2.05) is 30.3 Å². The summed E-state index contributed by atoms with van der Waals surface area (Å²) < 4.78 is 10.8. The zero-order valence-corrected chi connectivity index (χ0v) is 14.5. The first-order valence-electron chi connectivity index (χ1n) is 8.34. The highest BCUT2D eigenvalue weighted by atomic mass is 16.5. The van der Waals surface area contributed by atoms with E-state index < -0.39 is 6.03 Å². The van der Waals surface area contributed by atoms with Gasteiger partial charge in [-0.25, -0.2) is 4.79 Å². The highest BCUT2D eigenvalue weighted by Gasteiger charge is 2.27. The van der Waals surface area contributed by atoms with E-state index in [1.54, 1.807) is 18.2 Å². The van der Waals surface area contributed by atoms with Crippen LogP contribution in [-0.4, -0.2) is 35.7 Å². The van der Waals surface area contributed by atoms with Crippen LogP contribution < -0.4 is 15.0 Å². The zero-order chi connectivity index (χ0) is 18.8. The number of nitrogens with zero attached hydrogens (tertiary/aromatic N) is 3. The molecule has 1 aliphatic heterocycles. The molecule has 27 heavy (non-hydrogen) atoms. The molecule has 0 radical (unpaired) electrons. The van der Waals surface area contributed by atoms with Gasteiger partial charge in [-0.15, -0.1) is 0 Å². The van der Waals surface area contributed by atoms with E-state index in [9.17, 15) is 9.59 Å². The van der Waals surface area contributed by atoms with Crippen LogP contribution in [-0.2, 0) is 4.79 Å². The molecule has 0 unspecified atom stereocenters. The average Bonchev–Trinajstić information content (AvgIpc) is 3.19. The van der Waals surface area contributed by atoms with Gasteiger partial charge in [-0.3, -0.25) is 15.0 Å². The van der Waals surface area contributed by atoms with E-state index >= 15 is 0 Å². The fraction of sp³-hybridized carbons (Fsp3) is 0.158. The fourth-order valence-corrected chi connectivity index (χ4v) is 2.87. The van der Waals surface area contributed by atoms with E-state index in [0.717, 1.165) is 5.56 Å². The van der Waals surface area contributed by atoms with Gasteiger partial charge in [0.15, 0.2) is 0 Å². The minimum Gasteiger partial charge on any atom is -0.495 e. The van der Waals surface area contributed by atoms with Crippen LogP contribution >= 0.6 is 0 Å². The third-order valence-electron chi connectivity index (χ3n) is 4.23. The van der Waals surface area contributed by atoms with Crippen molar-refractivity contribution in [1.82, 2.24) is 15.5 Å².